The van der Waals surface area contributed by atoms with Crippen LogP contribution in [0.3, 0.4) is 0 Å². The Balaban J connectivity index is 1.39. The van der Waals surface area contributed by atoms with Crippen LogP contribution in [0, 0.1) is 0 Å². The summed E-state index contributed by atoms with van der Waals surface area (Å²) >= 11 is 13.9. The molecule has 0 unspecified atom stereocenters. The molecule has 2 aliphatic heterocycles. The Labute approximate surface area is 179 Å². The van der Waals surface area contributed by atoms with Gasteiger partial charge in [-0.2, -0.15) is 0 Å². The highest BCUT2D eigenvalue weighted by Gasteiger charge is 2.40. The first-order chi connectivity index (χ1) is 13.5. The lowest BCUT2D eigenvalue weighted by atomic mass is 10.0. The molecular weight excluding hydrogens is 417 g/mol. The lowest BCUT2D eigenvalue weighted by Crippen LogP contribution is -2.47. The van der Waals surface area contributed by atoms with Crippen LogP contribution in [0.1, 0.15) is 28.8 Å². The summed E-state index contributed by atoms with van der Waals surface area (Å²) in [5.74, 6) is 0.303. The van der Waals surface area contributed by atoms with Crippen LogP contribution in [0.25, 0.3) is 0 Å². The van der Waals surface area contributed by atoms with Crippen molar-refractivity contribution in [3.05, 3.63) is 63.6 Å². The molecule has 0 saturated carbocycles. The van der Waals surface area contributed by atoms with Gasteiger partial charge in [-0.05, 0) is 35.9 Å². The molecule has 1 amide bonds. The number of likely N-dealkylation sites (tertiary alicyclic amines) is 1. The van der Waals surface area contributed by atoms with Gasteiger partial charge in [-0.15, -0.1) is 11.8 Å². The topological polar surface area (TPSA) is 38.8 Å². The zero-order valence-electron chi connectivity index (χ0n) is 15.3. The first-order valence-electron chi connectivity index (χ1n) is 9.29. The molecule has 2 aliphatic rings. The molecule has 7 heteroatoms. The van der Waals surface area contributed by atoms with Crippen LogP contribution >= 0.6 is 35.0 Å². The number of rotatable bonds is 4. The van der Waals surface area contributed by atoms with Crippen molar-refractivity contribution in [2.24, 2.45) is 0 Å². The summed E-state index contributed by atoms with van der Waals surface area (Å²) in [6, 6.07) is 13.2. The van der Waals surface area contributed by atoms with Crippen LogP contribution in [0.4, 0.5) is 0 Å². The molecule has 0 aliphatic carbocycles. The number of hydrogen-bond acceptors (Lipinski definition) is 4. The second-order valence-electron chi connectivity index (χ2n) is 6.96. The molecule has 0 atom stereocenters. The summed E-state index contributed by atoms with van der Waals surface area (Å²) in [4.78, 5) is 15.7. The second kappa shape index (κ2) is 8.64. The van der Waals surface area contributed by atoms with Gasteiger partial charge in [-0.3, -0.25) is 4.79 Å². The van der Waals surface area contributed by atoms with Crippen molar-refractivity contribution in [2.75, 3.05) is 26.3 Å². The first-order valence-corrected chi connectivity index (χ1v) is 11.0. The number of carbonyl (C=O) groups excluding carboxylic acids is 1. The van der Waals surface area contributed by atoms with E-state index in [1.807, 2.05) is 35.2 Å². The van der Waals surface area contributed by atoms with Gasteiger partial charge in [-0.25, -0.2) is 0 Å². The van der Waals surface area contributed by atoms with Crippen LogP contribution in [0.5, 0.6) is 0 Å². The maximum atomic E-state index is 12.9. The Hall–Kier alpha value is -1.24. The molecule has 28 heavy (non-hydrogen) atoms. The minimum atomic E-state index is -0.467. The smallest absolute Gasteiger partial charge is 0.253 e. The number of carbonyl (C=O) groups is 1. The number of benzene rings is 2. The summed E-state index contributed by atoms with van der Waals surface area (Å²) in [5, 5.41) is 1.34. The molecule has 0 aromatic heterocycles. The highest BCUT2D eigenvalue weighted by molar-refractivity contribution is 7.98. The molecule has 0 bridgehead atoms. The van der Waals surface area contributed by atoms with Gasteiger partial charge in [0.1, 0.15) is 0 Å². The second-order valence-corrected chi connectivity index (χ2v) is 8.82. The van der Waals surface area contributed by atoms with Gasteiger partial charge < -0.3 is 14.4 Å². The summed E-state index contributed by atoms with van der Waals surface area (Å²) < 4.78 is 11.5. The molecule has 1 spiro atoms. The van der Waals surface area contributed by atoms with Crippen molar-refractivity contribution >= 4 is 40.9 Å². The summed E-state index contributed by atoms with van der Waals surface area (Å²) in [6.07, 6.45) is 1.45. The summed E-state index contributed by atoms with van der Waals surface area (Å²) in [7, 11) is 0. The van der Waals surface area contributed by atoms with E-state index in [9.17, 15) is 4.79 Å². The summed E-state index contributed by atoms with van der Waals surface area (Å²) in [6.45, 7) is 2.58. The number of halogens is 2. The van der Waals surface area contributed by atoms with Gasteiger partial charge in [0, 0.05) is 47.2 Å². The fraction of sp³-hybridized carbons (Fsp3) is 0.381. The van der Waals surface area contributed by atoms with Gasteiger partial charge in [0.2, 0.25) is 0 Å². The van der Waals surface area contributed by atoms with Crippen molar-refractivity contribution in [3.63, 3.8) is 0 Å². The SMILES string of the molecule is O=C(c1cccc(CSc2cc(Cl)ccc2Cl)c1)N1CCC2(CC1)OCCO2. The van der Waals surface area contributed by atoms with E-state index in [1.165, 1.54) is 0 Å². The van der Waals surface area contributed by atoms with Crippen LogP contribution in [0.2, 0.25) is 10.0 Å². The van der Waals surface area contributed by atoms with E-state index < -0.39 is 5.79 Å². The molecule has 148 valence electrons. The lowest BCUT2D eigenvalue weighted by Gasteiger charge is -2.37. The number of nitrogens with zero attached hydrogens (tertiary/aromatic N) is 1. The molecule has 2 fully saturated rings. The number of ether oxygens (including phenoxy) is 2. The minimum absolute atomic E-state index is 0.0560. The van der Waals surface area contributed by atoms with Crippen LogP contribution in [-0.4, -0.2) is 42.9 Å². The van der Waals surface area contributed by atoms with Gasteiger partial charge in [-0.1, -0.05) is 35.3 Å². The van der Waals surface area contributed by atoms with Gasteiger partial charge in [0.05, 0.1) is 18.2 Å². The zero-order valence-corrected chi connectivity index (χ0v) is 17.7. The number of piperidine rings is 1. The van der Waals surface area contributed by atoms with Gasteiger partial charge >= 0.3 is 0 Å². The molecular formula is C21H21Cl2NO3S. The van der Waals surface area contributed by atoms with Crippen LogP contribution in [0.15, 0.2) is 47.4 Å². The molecule has 2 aromatic carbocycles. The lowest BCUT2D eigenvalue weighted by molar-refractivity contribution is -0.181. The van der Waals surface area contributed by atoms with Gasteiger partial charge in [0.25, 0.3) is 5.91 Å². The number of thioether (sulfide) groups is 1. The largest absolute Gasteiger partial charge is 0.347 e. The van der Waals surface area contributed by atoms with E-state index in [1.54, 1.807) is 23.9 Å². The molecule has 4 nitrogen and oxygen atoms in total. The Bertz CT molecular complexity index is 860. The third-order valence-corrected chi connectivity index (χ3v) is 6.89. The average Bonchev–Trinajstić information content (AvgIpc) is 3.17. The average molecular weight is 438 g/mol. The Kier molecular flexibility index (Phi) is 6.18. The quantitative estimate of drug-likeness (QED) is 0.610. The van der Waals surface area contributed by atoms with Crippen molar-refractivity contribution in [1.29, 1.82) is 0 Å². The predicted molar refractivity (Wildman–Crippen MR) is 112 cm³/mol. The molecule has 2 saturated heterocycles. The van der Waals surface area contributed by atoms with Crippen molar-refractivity contribution in [1.82, 2.24) is 4.90 Å². The van der Waals surface area contributed by atoms with Crippen LogP contribution in [-0.2, 0) is 15.2 Å². The predicted octanol–water partition coefficient (Wildman–Crippen LogP) is 5.26. The fourth-order valence-electron chi connectivity index (χ4n) is 3.56. The standard InChI is InChI=1S/C21H21Cl2NO3S/c22-17-4-5-18(23)19(13-17)28-14-15-2-1-3-16(12-15)20(25)24-8-6-21(7-9-24)26-10-11-27-21/h1-5,12-13H,6-11,14H2. The molecule has 4 rings (SSSR count). The molecule has 2 aromatic rings. The van der Waals surface area contributed by atoms with Crippen molar-refractivity contribution in [3.8, 4) is 0 Å². The molecule has 2 heterocycles. The Morgan fingerprint density at radius 2 is 1.82 bits per heavy atom. The van der Waals surface area contributed by atoms with E-state index in [2.05, 4.69) is 0 Å². The zero-order chi connectivity index (χ0) is 19.6. The third kappa shape index (κ3) is 4.50. The van der Waals surface area contributed by atoms with Crippen molar-refractivity contribution < 1.29 is 14.3 Å². The van der Waals surface area contributed by atoms with E-state index in [0.717, 1.165) is 23.3 Å². The van der Waals surface area contributed by atoms with E-state index in [0.29, 0.717) is 47.7 Å². The number of hydrogen-bond donors (Lipinski definition) is 0. The fourth-order valence-corrected chi connectivity index (χ4v) is 5.00. The monoisotopic (exact) mass is 437 g/mol. The Morgan fingerprint density at radius 1 is 1.07 bits per heavy atom. The highest BCUT2D eigenvalue weighted by Crippen LogP contribution is 2.33. The highest BCUT2D eigenvalue weighted by atomic mass is 35.5. The van der Waals surface area contributed by atoms with E-state index in [4.69, 9.17) is 32.7 Å². The third-order valence-electron chi connectivity index (χ3n) is 5.09. The van der Waals surface area contributed by atoms with E-state index in [-0.39, 0.29) is 5.91 Å². The van der Waals surface area contributed by atoms with Gasteiger partial charge in [0.15, 0.2) is 5.79 Å². The minimum Gasteiger partial charge on any atom is -0.347 e. The Morgan fingerprint density at radius 3 is 2.57 bits per heavy atom. The molecule has 0 radical (unpaired) electrons. The van der Waals surface area contributed by atoms with E-state index >= 15 is 0 Å². The maximum Gasteiger partial charge on any atom is 0.253 e. The number of amides is 1. The molecule has 0 N–H and O–H groups in total. The maximum absolute atomic E-state index is 12.9. The summed E-state index contributed by atoms with van der Waals surface area (Å²) in [5.41, 5.74) is 1.78. The first kappa shape index (κ1) is 20.0. The van der Waals surface area contributed by atoms with Crippen LogP contribution < -0.4 is 0 Å². The van der Waals surface area contributed by atoms with Crippen molar-refractivity contribution in [2.45, 2.75) is 29.3 Å². The normalized spacial score (nSPS) is 18.6.